The van der Waals surface area contributed by atoms with Crippen molar-refractivity contribution in [3.8, 4) is 6.01 Å². The molecule has 0 fully saturated rings. The first-order chi connectivity index (χ1) is 6.20. The molecule has 1 unspecified atom stereocenters. The van der Waals surface area contributed by atoms with Gasteiger partial charge in [-0.1, -0.05) is 0 Å². The summed E-state index contributed by atoms with van der Waals surface area (Å²) in [6, 6.07) is -0.396. The van der Waals surface area contributed by atoms with E-state index in [0.717, 1.165) is 0 Å². The van der Waals surface area contributed by atoms with Gasteiger partial charge in [-0.15, -0.1) is 5.10 Å². The van der Waals surface area contributed by atoms with Crippen molar-refractivity contribution in [3.05, 3.63) is 0 Å². The smallest absolute Gasteiger partial charge is 0.337 e. The maximum atomic E-state index is 10.6. The molecule has 0 radical (unpaired) electrons. The maximum absolute atomic E-state index is 10.6. The molecular formula is C6H8N4O3. The molecule has 7 nitrogen and oxygen atoms in total. The molecule has 0 amide bonds. The number of rotatable bonds is 2. The lowest BCUT2D eigenvalue weighted by Crippen LogP contribution is -2.27. The molecule has 0 aromatic carbocycles. The van der Waals surface area contributed by atoms with Gasteiger partial charge in [-0.2, -0.15) is 4.98 Å². The molecule has 2 heterocycles. The third-order valence-corrected chi connectivity index (χ3v) is 1.79. The number of carboxylic acids is 1. The van der Waals surface area contributed by atoms with E-state index in [-0.39, 0.29) is 12.6 Å². The van der Waals surface area contributed by atoms with Crippen molar-refractivity contribution in [2.24, 2.45) is 0 Å². The lowest BCUT2D eigenvalue weighted by Gasteiger charge is -2.01. The summed E-state index contributed by atoms with van der Waals surface area (Å²) in [5.74, 6) is -0.476. The van der Waals surface area contributed by atoms with E-state index >= 15 is 0 Å². The topological polar surface area (TPSA) is 89.3 Å². The highest BCUT2D eigenvalue weighted by Crippen LogP contribution is 2.18. The number of nitrogens with one attached hydrogen (secondary N) is 1. The molecule has 1 aromatic heterocycles. The number of aliphatic carboxylic acids is 1. The van der Waals surface area contributed by atoms with Crippen molar-refractivity contribution < 1.29 is 14.6 Å². The Bertz CT molecular complexity index is 324. The average molecular weight is 184 g/mol. The molecule has 1 aromatic rings. The zero-order chi connectivity index (χ0) is 9.42. The van der Waals surface area contributed by atoms with Crippen molar-refractivity contribution in [1.29, 1.82) is 0 Å². The van der Waals surface area contributed by atoms with E-state index in [1.807, 2.05) is 0 Å². The normalized spacial score (nSPS) is 19.3. The van der Waals surface area contributed by atoms with Crippen LogP contribution in [0.5, 0.6) is 6.01 Å². The molecule has 0 spiro atoms. The minimum atomic E-state index is -0.911. The minimum Gasteiger partial charge on any atom is -0.480 e. The predicted octanol–water partition coefficient (Wildman–Crippen LogP) is -0.835. The third-order valence-electron chi connectivity index (χ3n) is 1.79. The molecule has 2 N–H and O–H groups in total. The van der Waals surface area contributed by atoms with Crippen LogP contribution in [0.4, 0.5) is 5.95 Å². The van der Waals surface area contributed by atoms with Gasteiger partial charge in [0.15, 0.2) is 0 Å². The van der Waals surface area contributed by atoms with Crippen LogP contribution < -0.4 is 10.1 Å². The van der Waals surface area contributed by atoms with E-state index in [1.165, 1.54) is 11.8 Å². The van der Waals surface area contributed by atoms with Gasteiger partial charge in [0.05, 0.1) is 13.7 Å². The number of anilines is 1. The van der Waals surface area contributed by atoms with Gasteiger partial charge < -0.3 is 15.2 Å². The number of nitrogens with zero attached hydrogens (tertiary/aromatic N) is 3. The molecular weight excluding hydrogens is 176 g/mol. The Morgan fingerprint density at radius 2 is 2.62 bits per heavy atom. The summed E-state index contributed by atoms with van der Waals surface area (Å²) in [6.45, 7) is 0.279. The Morgan fingerprint density at radius 1 is 1.85 bits per heavy atom. The van der Waals surface area contributed by atoms with Crippen LogP contribution in [0.25, 0.3) is 0 Å². The van der Waals surface area contributed by atoms with Gasteiger partial charge in [0.2, 0.25) is 5.95 Å². The number of fused-ring (bicyclic) bond motifs is 1. The molecule has 0 saturated heterocycles. The highest BCUT2D eigenvalue weighted by atomic mass is 16.5. The fraction of sp³-hybridized carbons (Fsp3) is 0.500. The zero-order valence-electron chi connectivity index (χ0n) is 6.89. The Morgan fingerprint density at radius 3 is 3.15 bits per heavy atom. The Hall–Kier alpha value is -1.79. The molecule has 70 valence electrons. The van der Waals surface area contributed by atoms with Crippen molar-refractivity contribution in [2.75, 3.05) is 12.4 Å². The molecule has 1 atom stereocenters. The van der Waals surface area contributed by atoms with Gasteiger partial charge in [0.25, 0.3) is 0 Å². The Labute approximate surface area is 73.3 Å². The second kappa shape index (κ2) is 2.61. The molecule has 2 rings (SSSR count). The highest BCUT2D eigenvalue weighted by molar-refractivity contribution is 5.77. The molecule has 0 bridgehead atoms. The van der Waals surface area contributed by atoms with Crippen molar-refractivity contribution >= 4 is 11.9 Å². The number of carbonyl (C=O) groups is 1. The highest BCUT2D eigenvalue weighted by Gasteiger charge is 2.29. The largest absolute Gasteiger partial charge is 0.480 e. The van der Waals surface area contributed by atoms with Gasteiger partial charge >= 0.3 is 12.0 Å². The monoisotopic (exact) mass is 184 g/mol. The van der Waals surface area contributed by atoms with Gasteiger partial charge in [0.1, 0.15) is 6.04 Å². The predicted molar refractivity (Wildman–Crippen MR) is 41.6 cm³/mol. The number of ether oxygens (including phenoxy) is 1. The Kier molecular flexibility index (Phi) is 1.57. The van der Waals surface area contributed by atoms with Gasteiger partial charge in [-0.05, 0) is 0 Å². The summed E-state index contributed by atoms with van der Waals surface area (Å²) in [5, 5.41) is 15.3. The maximum Gasteiger partial charge on any atom is 0.337 e. The third kappa shape index (κ3) is 1.17. The van der Waals surface area contributed by atoms with E-state index in [2.05, 4.69) is 15.4 Å². The van der Waals surface area contributed by atoms with Crippen LogP contribution in [0.1, 0.15) is 0 Å². The lowest BCUT2D eigenvalue weighted by atomic mass is 10.3. The number of hydrogen-bond acceptors (Lipinski definition) is 5. The Balaban J connectivity index is 2.19. The summed E-state index contributed by atoms with van der Waals surface area (Å²) in [5.41, 5.74) is 0. The van der Waals surface area contributed by atoms with Crippen LogP contribution in [-0.2, 0) is 11.3 Å². The van der Waals surface area contributed by atoms with E-state index in [0.29, 0.717) is 5.95 Å². The van der Waals surface area contributed by atoms with Gasteiger partial charge in [-0.25, -0.2) is 9.48 Å². The zero-order valence-corrected chi connectivity index (χ0v) is 6.89. The van der Waals surface area contributed by atoms with Crippen LogP contribution in [-0.4, -0.2) is 39.0 Å². The minimum absolute atomic E-state index is 0.242. The van der Waals surface area contributed by atoms with Crippen LogP contribution in [0, 0.1) is 0 Å². The van der Waals surface area contributed by atoms with Gasteiger partial charge in [0, 0.05) is 0 Å². The van der Waals surface area contributed by atoms with Crippen molar-refractivity contribution in [2.45, 2.75) is 12.6 Å². The first kappa shape index (κ1) is 7.84. The number of aromatic nitrogens is 3. The first-order valence-electron chi connectivity index (χ1n) is 3.69. The fourth-order valence-electron chi connectivity index (χ4n) is 1.16. The van der Waals surface area contributed by atoms with Crippen LogP contribution in [0.2, 0.25) is 0 Å². The van der Waals surface area contributed by atoms with E-state index < -0.39 is 12.0 Å². The fourth-order valence-corrected chi connectivity index (χ4v) is 1.16. The van der Waals surface area contributed by atoms with E-state index in [1.54, 1.807) is 0 Å². The molecule has 0 saturated carbocycles. The van der Waals surface area contributed by atoms with Crippen LogP contribution in [0.3, 0.4) is 0 Å². The second-order valence-electron chi connectivity index (χ2n) is 2.64. The summed E-state index contributed by atoms with van der Waals surface area (Å²) in [6.07, 6.45) is 0. The number of hydrogen-bond donors (Lipinski definition) is 2. The molecule has 1 aliphatic heterocycles. The molecule has 1 aliphatic rings. The van der Waals surface area contributed by atoms with Crippen LogP contribution in [0.15, 0.2) is 0 Å². The molecule has 0 aliphatic carbocycles. The summed E-state index contributed by atoms with van der Waals surface area (Å²) in [4.78, 5) is 14.5. The van der Waals surface area contributed by atoms with Crippen molar-refractivity contribution in [1.82, 2.24) is 14.8 Å². The quantitative estimate of drug-likeness (QED) is 0.623. The standard InChI is InChI=1S/C6H8N4O3/c1-13-6-8-5-7-3(4(11)12)2-10(5)9-6/h3H,2H2,1H3,(H,11,12)(H,7,8,9). The average Bonchev–Trinajstić information content (AvgIpc) is 2.58. The number of methoxy groups -OCH3 is 1. The van der Waals surface area contributed by atoms with Crippen molar-refractivity contribution in [3.63, 3.8) is 0 Å². The second-order valence-corrected chi connectivity index (χ2v) is 2.64. The molecule has 7 heteroatoms. The van der Waals surface area contributed by atoms with Crippen LogP contribution >= 0.6 is 0 Å². The summed E-state index contributed by atoms with van der Waals surface area (Å²) >= 11 is 0. The summed E-state index contributed by atoms with van der Waals surface area (Å²) < 4.78 is 6.25. The van der Waals surface area contributed by atoms with E-state index in [4.69, 9.17) is 9.84 Å². The van der Waals surface area contributed by atoms with Gasteiger partial charge in [-0.3, -0.25) is 0 Å². The van der Waals surface area contributed by atoms with E-state index in [9.17, 15) is 4.79 Å². The summed E-state index contributed by atoms with van der Waals surface area (Å²) in [7, 11) is 1.46. The number of carboxylic acid groups (broad SMARTS) is 1. The SMILES string of the molecule is COc1nc2n(n1)CC(C(=O)O)N2. The molecule has 13 heavy (non-hydrogen) atoms. The lowest BCUT2D eigenvalue weighted by molar-refractivity contribution is -0.138. The first-order valence-corrected chi connectivity index (χ1v) is 3.69.